The van der Waals surface area contributed by atoms with Crippen LogP contribution in [0.5, 0.6) is 0 Å². The number of aryl methyl sites for hydroxylation is 1. The fourth-order valence-electron chi connectivity index (χ4n) is 0.897. The minimum Gasteiger partial charge on any atom is -0.372 e. The molecular weight excluding hydrogens is 200 g/mol. The number of ether oxygens (including phenoxy) is 1. The van der Waals surface area contributed by atoms with E-state index in [9.17, 15) is 4.79 Å². The molecule has 1 atom stereocenters. The first-order valence-corrected chi connectivity index (χ1v) is 5.23. The van der Waals surface area contributed by atoms with E-state index >= 15 is 0 Å². The van der Waals surface area contributed by atoms with E-state index in [0.29, 0.717) is 6.54 Å². The highest BCUT2D eigenvalue weighted by molar-refractivity contribution is 7.09. The highest BCUT2D eigenvalue weighted by Crippen LogP contribution is 2.07. The smallest absolute Gasteiger partial charge is 0.249 e. The number of hydrogen-bond acceptors (Lipinski definition) is 4. The third-order valence-corrected chi connectivity index (χ3v) is 2.77. The maximum atomic E-state index is 11.3. The zero-order chi connectivity index (χ0) is 10.6. The molecule has 0 aromatic carbocycles. The van der Waals surface area contributed by atoms with Crippen LogP contribution in [0.2, 0.25) is 0 Å². The maximum absolute atomic E-state index is 11.3. The number of hydrogen-bond donors (Lipinski definition) is 1. The lowest BCUT2D eigenvalue weighted by molar-refractivity contribution is -0.130. The molecule has 1 unspecified atom stereocenters. The van der Waals surface area contributed by atoms with Crippen LogP contribution in [0, 0.1) is 6.92 Å². The molecule has 0 aliphatic carbocycles. The topological polar surface area (TPSA) is 51.2 Å². The number of amides is 1. The normalized spacial score (nSPS) is 12.5. The molecule has 1 aromatic rings. The van der Waals surface area contributed by atoms with E-state index in [2.05, 4.69) is 10.3 Å². The van der Waals surface area contributed by atoms with Gasteiger partial charge in [-0.3, -0.25) is 4.79 Å². The van der Waals surface area contributed by atoms with Crippen molar-refractivity contribution in [3.05, 3.63) is 16.1 Å². The Morgan fingerprint density at radius 3 is 3.00 bits per heavy atom. The van der Waals surface area contributed by atoms with Crippen molar-refractivity contribution in [1.29, 1.82) is 0 Å². The Labute approximate surface area is 87.3 Å². The van der Waals surface area contributed by atoms with Gasteiger partial charge in [-0.25, -0.2) is 4.98 Å². The average molecular weight is 214 g/mol. The molecule has 1 aromatic heterocycles. The van der Waals surface area contributed by atoms with Crippen molar-refractivity contribution in [3.8, 4) is 0 Å². The Hall–Kier alpha value is -0.940. The Morgan fingerprint density at radius 1 is 1.79 bits per heavy atom. The van der Waals surface area contributed by atoms with Crippen LogP contribution in [0.1, 0.15) is 17.6 Å². The summed E-state index contributed by atoms with van der Waals surface area (Å²) < 4.78 is 4.88. The number of aromatic nitrogens is 1. The van der Waals surface area contributed by atoms with Crippen molar-refractivity contribution in [3.63, 3.8) is 0 Å². The van der Waals surface area contributed by atoms with E-state index in [1.807, 2.05) is 12.3 Å². The van der Waals surface area contributed by atoms with E-state index in [4.69, 9.17) is 4.74 Å². The standard InChI is InChI=1S/C9H14N2O2S/c1-6-5-14-8(11-6)4-10-9(12)7(2)13-3/h5,7H,4H2,1-3H3,(H,10,12). The summed E-state index contributed by atoms with van der Waals surface area (Å²) in [6, 6.07) is 0. The lowest BCUT2D eigenvalue weighted by Crippen LogP contribution is -2.33. The number of methoxy groups -OCH3 is 1. The Balaban J connectivity index is 2.37. The lowest BCUT2D eigenvalue weighted by Gasteiger charge is -2.08. The van der Waals surface area contributed by atoms with E-state index in [-0.39, 0.29) is 5.91 Å². The van der Waals surface area contributed by atoms with Gasteiger partial charge in [-0.2, -0.15) is 0 Å². The first-order chi connectivity index (χ1) is 6.63. The van der Waals surface area contributed by atoms with Crippen molar-refractivity contribution < 1.29 is 9.53 Å². The summed E-state index contributed by atoms with van der Waals surface area (Å²) in [4.78, 5) is 15.5. The minimum atomic E-state index is -0.406. The summed E-state index contributed by atoms with van der Waals surface area (Å²) in [6.45, 7) is 4.12. The van der Waals surface area contributed by atoms with Crippen LogP contribution < -0.4 is 5.32 Å². The number of carbonyl (C=O) groups excluding carboxylic acids is 1. The van der Waals surface area contributed by atoms with Crippen LogP contribution in [-0.2, 0) is 16.1 Å². The molecule has 0 aliphatic heterocycles. The lowest BCUT2D eigenvalue weighted by atomic mass is 10.4. The van der Waals surface area contributed by atoms with Crippen molar-refractivity contribution in [2.24, 2.45) is 0 Å². The van der Waals surface area contributed by atoms with E-state index < -0.39 is 6.10 Å². The fraction of sp³-hybridized carbons (Fsp3) is 0.556. The molecule has 0 saturated heterocycles. The number of nitrogens with one attached hydrogen (secondary N) is 1. The van der Waals surface area contributed by atoms with Gasteiger partial charge in [0.25, 0.3) is 0 Å². The first kappa shape index (κ1) is 11.1. The second kappa shape index (κ2) is 5.07. The third kappa shape index (κ3) is 3.08. The molecule has 0 fully saturated rings. The first-order valence-electron chi connectivity index (χ1n) is 4.35. The summed E-state index contributed by atoms with van der Waals surface area (Å²) in [5.41, 5.74) is 0.985. The predicted molar refractivity (Wildman–Crippen MR) is 55.2 cm³/mol. The van der Waals surface area contributed by atoms with E-state index in [1.54, 1.807) is 18.3 Å². The van der Waals surface area contributed by atoms with E-state index in [1.165, 1.54) is 7.11 Å². The Morgan fingerprint density at radius 2 is 2.50 bits per heavy atom. The number of thiazole rings is 1. The summed E-state index contributed by atoms with van der Waals surface area (Å²) in [5, 5.41) is 5.62. The highest BCUT2D eigenvalue weighted by Gasteiger charge is 2.11. The van der Waals surface area contributed by atoms with Crippen molar-refractivity contribution in [2.45, 2.75) is 26.5 Å². The largest absolute Gasteiger partial charge is 0.372 e. The van der Waals surface area contributed by atoms with Gasteiger partial charge in [0, 0.05) is 18.2 Å². The number of rotatable bonds is 4. The van der Waals surface area contributed by atoms with Gasteiger partial charge >= 0.3 is 0 Å². The molecule has 1 N–H and O–H groups in total. The van der Waals surface area contributed by atoms with Crippen molar-refractivity contribution >= 4 is 17.2 Å². The molecule has 0 spiro atoms. The zero-order valence-corrected chi connectivity index (χ0v) is 9.35. The van der Waals surface area contributed by atoms with Crippen LogP contribution >= 0.6 is 11.3 Å². The highest BCUT2D eigenvalue weighted by atomic mass is 32.1. The van der Waals surface area contributed by atoms with Crippen LogP contribution in [0.3, 0.4) is 0 Å². The maximum Gasteiger partial charge on any atom is 0.249 e. The molecule has 78 valence electrons. The predicted octanol–water partition coefficient (Wildman–Crippen LogP) is 1.10. The second-order valence-electron chi connectivity index (χ2n) is 2.98. The molecule has 5 heteroatoms. The summed E-state index contributed by atoms with van der Waals surface area (Å²) >= 11 is 1.54. The molecule has 1 rings (SSSR count). The molecule has 14 heavy (non-hydrogen) atoms. The molecular formula is C9H14N2O2S. The van der Waals surface area contributed by atoms with Crippen LogP contribution in [-0.4, -0.2) is 24.1 Å². The summed E-state index contributed by atoms with van der Waals surface area (Å²) in [6.07, 6.45) is -0.406. The minimum absolute atomic E-state index is 0.111. The second-order valence-corrected chi connectivity index (χ2v) is 3.92. The molecule has 1 amide bonds. The Kier molecular flexibility index (Phi) is 4.03. The van der Waals surface area contributed by atoms with Crippen molar-refractivity contribution in [2.75, 3.05) is 7.11 Å². The van der Waals surface area contributed by atoms with Gasteiger partial charge < -0.3 is 10.1 Å². The molecule has 0 aliphatic rings. The van der Waals surface area contributed by atoms with Crippen LogP contribution in [0.4, 0.5) is 0 Å². The van der Waals surface area contributed by atoms with Crippen molar-refractivity contribution in [1.82, 2.24) is 10.3 Å². The van der Waals surface area contributed by atoms with Gasteiger partial charge in [-0.1, -0.05) is 0 Å². The zero-order valence-electron chi connectivity index (χ0n) is 8.53. The number of carbonyl (C=O) groups is 1. The van der Waals surface area contributed by atoms with Gasteiger partial charge in [0.1, 0.15) is 11.1 Å². The fourth-order valence-corrected chi connectivity index (χ4v) is 1.61. The van der Waals surface area contributed by atoms with Gasteiger partial charge in [0.2, 0.25) is 5.91 Å². The average Bonchev–Trinajstić information content (AvgIpc) is 2.59. The third-order valence-electron chi connectivity index (χ3n) is 1.80. The summed E-state index contributed by atoms with van der Waals surface area (Å²) in [7, 11) is 1.51. The summed E-state index contributed by atoms with van der Waals surface area (Å²) in [5.74, 6) is -0.111. The Bertz CT molecular complexity index is 312. The molecule has 0 bridgehead atoms. The van der Waals surface area contributed by atoms with Gasteiger partial charge in [0.05, 0.1) is 6.54 Å². The quantitative estimate of drug-likeness (QED) is 0.816. The van der Waals surface area contributed by atoms with Crippen LogP contribution in [0.25, 0.3) is 0 Å². The van der Waals surface area contributed by atoms with E-state index in [0.717, 1.165) is 10.7 Å². The van der Waals surface area contributed by atoms with Gasteiger partial charge in [0.15, 0.2) is 0 Å². The van der Waals surface area contributed by atoms with Gasteiger partial charge in [-0.05, 0) is 13.8 Å². The monoisotopic (exact) mass is 214 g/mol. The molecule has 0 saturated carbocycles. The molecule has 0 radical (unpaired) electrons. The van der Waals surface area contributed by atoms with Gasteiger partial charge in [-0.15, -0.1) is 11.3 Å². The molecule has 4 nitrogen and oxygen atoms in total. The number of nitrogens with zero attached hydrogens (tertiary/aromatic N) is 1. The van der Waals surface area contributed by atoms with Crippen LogP contribution in [0.15, 0.2) is 5.38 Å². The SMILES string of the molecule is COC(C)C(=O)NCc1nc(C)cs1. The molecule has 1 heterocycles.